The maximum Gasteiger partial charge on any atom is 0.434 e. The lowest BCUT2D eigenvalue weighted by Gasteiger charge is -2.24. The summed E-state index contributed by atoms with van der Waals surface area (Å²) in [7, 11) is -4.31. The van der Waals surface area contributed by atoms with Crippen molar-refractivity contribution in [2.45, 2.75) is 36.3 Å². The molecule has 2 heterocycles. The molecule has 1 aliphatic rings. The SMILES string of the molecule is O=C(NCc1ccc(F)c(-c2cnc(C(F)(F)F)cn2)c1)C1C(F)CCN1S(=O)(=O)c1ccc(F)cc1. The van der Waals surface area contributed by atoms with Crippen LogP contribution < -0.4 is 5.32 Å². The number of hydrogen-bond donors (Lipinski definition) is 1. The van der Waals surface area contributed by atoms with Gasteiger partial charge in [-0.15, -0.1) is 0 Å². The number of benzene rings is 2. The van der Waals surface area contributed by atoms with Crippen molar-refractivity contribution in [2.24, 2.45) is 0 Å². The van der Waals surface area contributed by atoms with E-state index in [1.165, 1.54) is 12.1 Å². The minimum Gasteiger partial charge on any atom is -0.351 e. The minimum absolute atomic E-state index is 0.183. The van der Waals surface area contributed by atoms with Gasteiger partial charge in [-0.25, -0.2) is 26.6 Å². The molecule has 2 unspecified atom stereocenters. The Balaban J connectivity index is 1.50. The lowest BCUT2D eigenvalue weighted by atomic mass is 10.1. The number of hydrogen-bond acceptors (Lipinski definition) is 5. The summed E-state index contributed by atoms with van der Waals surface area (Å²) in [6, 6.07) is 5.71. The fraction of sp³-hybridized carbons (Fsp3) is 0.261. The van der Waals surface area contributed by atoms with Gasteiger partial charge in [-0.3, -0.25) is 9.78 Å². The van der Waals surface area contributed by atoms with Crippen LogP contribution in [0.4, 0.5) is 26.3 Å². The molecule has 1 amide bonds. The van der Waals surface area contributed by atoms with E-state index in [4.69, 9.17) is 0 Å². The number of amides is 1. The highest BCUT2D eigenvalue weighted by atomic mass is 32.2. The van der Waals surface area contributed by atoms with E-state index in [2.05, 4.69) is 15.3 Å². The first-order valence-electron chi connectivity index (χ1n) is 10.7. The minimum atomic E-state index is -4.72. The van der Waals surface area contributed by atoms with E-state index in [0.717, 1.165) is 36.5 Å². The van der Waals surface area contributed by atoms with Crippen molar-refractivity contribution in [3.63, 3.8) is 0 Å². The molecular formula is C23H18F6N4O3S. The number of sulfonamides is 1. The van der Waals surface area contributed by atoms with Gasteiger partial charge in [0.1, 0.15) is 23.8 Å². The molecule has 0 radical (unpaired) electrons. The molecule has 196 valence electrons. The first kappa shape index (κ1) is 26.5. The van der Waals surface area contributed by atoms with Crippen LogP contribution in [0.15, 0.2) is 59.8 Å². The zero-order chi connectivity index (χ0) is 27.0. The molecule has 0 bridgehead atoms. The van der Waals surface area contributed by atoms with Gasteiger partial charge >= 0.3 is 6.18 Å². The van der Waals surface area contributed by atoms with Gasteiger partial charge in [-0.1, -0.05) is 6.07 Å². The van der Waals surface area contributed by atoms with Crippen LogP contribution in [-0.2, 0) is 27.5 Å². The van der Waals surface area contributed by atoms with Crippen LogP contribution in [0, 0.1) is 11.6 Å². The summed E-state index contributed by atoms with van der Waals surface area (Å²) >= 11 is 0. The summed E-state index contributed by atoms with van der Waals surface area (Å²) < 4.78 is 107. The maximum absolute atomic E-state index is 14.6. The topological polar surface area (TPSA) is 92.3 Å². The molecule has 37 heavy (non-hydrogen) atoms. The normalized spacial score (nSPS) is 18.6. The van der Waals surface area contributed by atoms with Gasteiger partial charge in [-0.05, 0) is 48.4 Å². The van der Waals surface area contributed by atoms with Crippen LogP contribution in [-0.4, -0.2) is 47.4 Å². The van der Waals surface area contributed by atoms with Gasteiger partial charge < -0.3 is 5.32 Å². The number of rotatable bonds is 6. The van der Waals surface area contributed by atoms with Gasteiger partial charge in [-0.2, -0.15) is 17.5 Å². The van der Waals surface area contributed by atoms with Gasteiger partial charge in [0, 0.05) is 18.7 Å². The van der Waals surface area contributed by atoms with Crippen LogP contribution in [0.3, 0.4) is 0 Å². The van der Waals surface area contributed by atoms with Crippen LogP contribution in [0.2, 0.25) is 0 Å². The third kappa shape index (κ3) is 5.59. The molecule has 2 atom stereocenters. The molecule has 0 spiro atoms. The molecule has 3 aromatic rings. The second-order valence-corrected chi connectivity index (χ2v) is 10.0. The zero-order valence-electron chi connectivity index (χ0n) is 18.7. The Morgan fingerprint density at radius 3 is 2.38 bits per heavy atom. The lowest BCUT2D eigenvalue weighted by molar-refractivity contribution is -0.141. The molecule has 1 N–H and O–H groups in total. The fourth-order valence-electron chi connectivity index (χ4n) is 3.82. The van der Waals surface area contributed by atoms with E-state index in [9.17, 15) is 39.6 Å². The summed E-state index contributed by atoms with van der Waals surface area (Å²) in [6.45, 7) is -0.542. The highest BCUT2D eigenvalue weighted by Gasteiger charge is 2.46. The first-order chi connectivity index (χ1) is 17.4. The van der Waals surface area contributed by atoms with E-state index in [1.807, 2.05) is 0 Å². The van der Waals surface area contributed by atoms with E-state index in [-0.39, 0.29) is 41.2 Å². The third-order valence-corrected chi connectivity index (χ3v) is 7.58. The Kier molecular flexibility index (Phi) is 7.24. The molecule has 4 rings (SSSR count). The van der Waals surface area contributed by atoms with Gasteiger partial charge in [0.2, 0.25) is 15.9 Å². The number of nitrogens with one attached hydrogen (secondary N) is 1. The quantitative estimate of drug-likeness (QED) is 0.476. The lowest BCUT2D eigenvalue weighted by Crippen LogP contribution is -2.49. The third-order valence-electron chi connectivity index (χ3n) is 5.68. The molecule has 1 fully saturated rings. The monoisotopic (exact) mass is 544 g/mol. The van der Waals surface area contributed by atoms with Gasteiger partial charge in [0.25, 0.3) is 0 Å². The Hall–Kier alpha value is -3.52. The largest absolute Gasteiger partial charge is 0.434 e. The molecule has 0 saturated carbocycles. The smallest absolute Gasteiger partial charge is 0.351 e. The summed E-state index contributed by atoms with van der Waals surface area (Å²) in [6.07, 6.45) is -5.54. The average Bonchev–Trinajstić information content (AvgIpc) is 3.25. The summed E-state index contributed by atoms with van der Waals surface area (Å²) in [4.78, 5) is 19.3. The van der Waals surface area contributed by atoms with Gasteiger partial charge in [0.05, 0.1) is 23.0 Å². The Morgan fingerprint density at radius 1 is 1.05 bits per heavy atom. The molecule has 2 aromatic carbocycles. The highest BCUT2D eigenvalue weighted by molar-refractivity contribution is 7.89. The van der Waals surface area contributed by atoms with Crippen LogP contribution in [0.5, 0.6) is 0 Å². The van der Waals surface area contributed by atoms with Crippen molar-refractivity contribution in [3.8, 4) is 11.3 Å². The molecule has 14 heteroatoms. The first-order valence-corrected chi connectivity index (χ1v) is 12.2. The number of aromatic nitrogens is 2. The summed E-state index contributed by atoms with van der Waals surface area (Å²) in [5, 5.41) is 2.41. The zero-order valence-corrected chi connectivity index (χ0v) is 19.5. The highest BCUT2D eigenvalue weighted by Crippen LogP contribution is 2.30. The van der Waals surface area contributed by atoms with E-state index in [1.54, 1.807) is 0 Å². The van der Waals surface area contributed by atoms with Crippen molar-refractivity contribution >= 4 is 15.9 Å². The molecule has 1 saturated heterocycles. The Morgan fingerprint density at radius 2 is 1.76 bits per heavy atom. The van der Waals surface area contributed by atoms with E-state index in [0.29, 0.717) is 10.5 Å². The van der Waals surface area contributed by atoms with Crippen molar-refractivity contribution < 1.29 is 39.6 Å². The number of halogens is 6. The molecular weight excluding hydrogens is 526 g/mol. The molecule has 1 aromatic heterocycles. The van der Waals surface area contributed by atoms with E-state index >= 15 is 0 Å². The number of alkyl halides is 4. The number of carbonyl (C=O) groups is 1. The van der Waals surface area contributed by atoms with Crippen LogP contribution in [0.25, 0.3) is 11.3 Å². The summed E-state index contributed by atoms with van der Waals surface area (Å²) in [5.41, 5.74) is -1.34. The average molecular weight is 544 g/mol. The summed E-state index contributed by atoms with van der Waals surface area (Å²) in [5.74, 6) is -2.42. The number of nitrogens with zero attached hydrogens (tertiary/aromatic N) is 3. The molecule has 7 nitrogen and oxygen atoms in total. The molecule has 0 aliphatic carbocycles. The predicted octanol–water partition coefficient (Wildman–Crippen LogP) is 3.86. The van der Waals surface area contributed by atoms with E-state index < -0.39 is 51.6 Å². The van der Waals surface area contributed by atoms with Crippen molar-refractivity contribution in [1.82, 2.24) is 19.6 Å². The molecule has 1 aliphatic heterocycles. The fourth-order valence-corrected chi connectivity index (χ4v) is 5.44. The van der Waals surface area contributed by atoms with Crippen molar-refractivity contribution in [2.75, 3.05) is 6.54 Å². The Labute approximate surface area is 207 Å². The maximum atomic E-state index is 14.6. The van der Waals surface area contributed by atoms with Crippen molar-refractivity contribution in [3.05, 3.63) is 77.8 Å². The number of carbonyl (C=O) groups excluding carboxylic acids is 1. The Bertz CT molecular complexity index is 1400. The standard InChI is InChI=1S/C23H18F6N4O3S/c24-14-2-4-15(5-3-14)37(35,36)33-8-7-18(26)21(33)22(34)32-10-13-1-6-17(25)16(9-13)19-11-31-20(12-30-19)23(27,28)29/h1-6,9,11-12,18,21H,7-8,10H2,(H,32,34). The van der Waals surface area contributed by atoms with Crippen LogP contribution in [0.1, 0.15) is 17.7 Å². The second-order valence-electron chi connectivity index (χ2n) is 8.14. The van der Waals surface area contributed by atoms with Crippen molar-refractivity contribution in [1.29, 1.82) is 0 Å². The van der Waals surface area contributed by atoms with Crippen LogP contribution >= 0.6 is 0 Å². The second kappa shape index (κ2) is 10.1. The van der Waals surface area contributed by atoms with Gasteiger partial charge in [0.15, 0.2) is 5.69 Å². The predicted molar refractivity (Wildman–Crippen MR) is 118 cm³/mol.